The van der Waals surface area contributed by atoms with Crippen molar-refractivity contribution in [1.82, 2.24) is 10.3 Å². The Morgan fingerprint density at radius 3 is 2.65 bits per heavy atom. The molecule has 0 atom stereocenters. The van der Waals surface area contributed by atoms with Crippen molar-refractivity contribution in [3.05, 3.63) is 59.4 Å². The third-order valence-electron chi connectivity index (χ3n) is 3.92. The maximum Gasteiger partial charge on any atom is 0.266 e. The number of hydrogen-bond acceptors (Lipinski definition) is 4. The van der Waals surface area contributed by atoms with Gasteiger partial charge >= 0.3 is 0 Å². The fraction of sp³-hybridized carbons (Fsp3) is 0.278. The third kappa shape index (κ3) is 4.59. The molecule has 0 unspecified atom stereocenters. The van der Waals surface area contributed by atoms with Crippen LogP contribution in [0.15, 0.2) is 47.4 Å². The summed E-state index contributed by atoms with van der Waals surface area (Å²) in [7, 11) is -4.22. The molecule has 2 N–H and O–H groups in total. The predicted octanol–water partition coefficient (Wildman–Crippen LogP) is 2.55. The van der Waals surface area contributed by atoms with Crippen LogP contribution in [0.4, 0.5) is 4.39 Å². The minimum Gasteiger partial charge on any atom is -0.493 e. The molecule has 8 heteroatoms. The number of sulfonamides is 1. The van der Waals surface area contributed by atoms with Crippen LogP contribution in [0, 0.1) is 18.7 Å². The third-order valence-corrected chi connectivity index (χ3v) is 5.20. The number of nitrogens with one attached hydrogen (secondary N) is 2. The van der Waals surface area contributed by atoms with Gasteiger partial charge < -0.3 is 4.74 Å². The van der Waals surface area contributed by atoms with Gasteiger partial charge in [0, 0.05) is 5.56 Å². The van der Waals surface area contributed by atoms with E-state index in [9.17, 15) is 17.6 Å². The molecule has 2 aromatic rings. The maximum absolute atomic E-state index is 13.6. The molecule has 0 heterocycles. The smallest absolute Gasteiger partial charge is 0.266 e. The highest BCUT2D eigenvalue weighted by molar-refractivity contribution is 7.89. The van der Waals surface area contributed by atoms with Crippen LogP contribution in [-0.2, 0) is 10.0 Å². The molecule has 0 bridgehead atoms. The number of amides is 1. The van der Waals surface area contributed by atoms with Crippen molar-refractivity contribution in [2.75, 3.05) is 6.61 Å². The number of hydrazine groups is 1. The summed E-state index contributed by atoms with van der Waals surface area (Å²) in [6.45, 7) is 2.41. The van der Waals surface area contributed by atoms with Crippen molar-refractivity contribution in [3.63, 3.8) is 0 Å². The topological polar surface area (TPSA) is 84.5 Å². The van der Waals surface area contributed by atoms with Gasteiger partial charge in [0.05, 0.1) is 6.61 Å². The van der Waals surface area contributed by atoms with E-state index in [1.54, 1.807) is 12.1 Å². The van der Waals surface area contributed by atoms with Crippen molar-refractivity contribution >= 4 is 15.9 Å². The number of benzene rings is 2. The number of carbonyl (C=O) groups excluding carboxylic acids is 1. The number of hydrogen-bond donors (Lipinski definition) is 2. The Morgan fingerprint density at radius 2 is 1.96 bits per heavy atom. The van der Waals surface area contributed by atoms with E-state index in [4.69, 9.17) is 4.74 Å². The zero-order valence-corrected chi connectivity index (χ0v) is 15.0. The second-order valence-corrected chi connectivity index (χ2v) is 7.93. The van der Waals surface area contributed by atoms with E-state index in [-0.39, 0.29) is 5.56 Å². The lowest BCUT2D eigenvalue weighted by Gasteiger charge is -2.11. The fourth-order valence-electron chi connectivity index (χ4n) is 2.36. The van der Waals surface area contributed by atoms with Crippen LogP contribution in [-0.4, -0.2) is 20.9 Å². The van der Waals surface area contributed by atoms with Gasteiger partial charge in [0.2, 0.25) is 0 Å². The molecule has 1 amide bonds. The van der Waals surface area contributed by atoms with Crippen LogP contribution in [0.3, 0.4) is 0 Å². The Bertz CT molecular complexity index is 927. The Hall–Kier alpha value is -2.45. The first-order chi connectivity index (χ1) is 12.3. The second kappa shape index (κ2) is 7.43. The first-order valence-corrected chi connectivity index (χ1v) is 9.64. The summed E-state index contributed by atoms with van der Waals surface area (Å²) < 4.78 is 43.5. The van der Waals surface area contributed by atoms with Gasteiger partial charge in [-0.25, -0.2) is 12.8 Å². The van der Waals surface area contributed by atoms with Crippen LogP contribution in [0.2, 0.25) is 0 Å². The van der Waals surface area contributed by atoms with E-state index >= 15 is 0 Å². The number of carbonyl (C=O) groups is 1. The molecule has 2 aromatic carbocycles. The average Bonchev–Trinajstić information content (AvgIpc) is 3.42. The molecule has 0 spiro atoms. The van der Waals surface area contributed by atoms with E-state index < -0.39 is 26.6 Å². The van der Waals surface area contributed by atoms with Gasteiger partial charge in [-0.2, -0.15) is 0 Å². The second-order valence-electron chi connectivity index (χ2n) is 6.28. The van der Waals surface area contributed by atoms with Gasteiger partial charge in [-0.05, 0) is 61.6 Å². The van der Waals surface area contributed by atoms with Gasteiger partial charge in [-0.1, -0.05) is 12.1 Å². The van der Waals surface area contributed by atoms with E-state index in [2.05, 4.69) is 5.43 Å². The lowest BCUT2D eigenvalue weighted by Crippen LogP contribution is -2.41. The van der Waals surface area contributed by atoms with Crippen molar-refractivity contribution in [2.45, 2.75) is 24.7 Å². The first-order valence-electron chi connectivity index (χ1n) is 8.16. The summed E-state index contributed by atoms with van der Waals surface area (Å²) in [6, 6.07) is 9.87. The van der Waals surface area contributed by atoms with Crippen LogP contribution in [0.5, 0.6) is 5.75 Å². The van der Waals surface area contributed by atoms with E-state index in [0.29, 0.717) is 18.3 Å². The molecule has 138 valence electrons. The Kier molecular flexibility index (Phi) is 5.24. The lowest BCUT2D eigenvalue weighted by atomic mass is 10.1. The predicted molar refractivity (Wildman–Crippen MR) is 93.6 cm³/mol. The Morgan fingerprint density at radius 1 is 1.23 bits per heavy atom. The molecule has 1 fully saturated rings. The molecule has 0 aromatic heterocycles. The van der Waals surface area contributed by atoms with Gasteiger partial charge in [-0.15, -0.1) is 4.83 Å². The van der Waals surface area contributed by atoms with E-state index in [1.165, 1.54) is 12.1 Å². The van der Waals surface area contributed by atoms with Gasteiger partial charge in [0.1, 0.15) is 16.5 Å². The van der Waals surface area contributed by atoms with E-state index in [0.717, 1.165) is 30.5 Å². The maximum atomic E-state index is 13.6. The minimum absolute atomic E-state index is 0.243. The van der Waals surface area contributed by atoms with Crippen LogP contribution in [0.25, 0.3) is 0 Å². The molecular formula is C18H19FN2O4S. The summed E-state index contributed by atoms with van der Waals surface area (Å²) in [6.07, 6.45) is 2.30. The number of rotatable bonds is 7. The summed E-state index contributed by atoms with van der Waals surface area (Å²) in [5.74, 6) is -0.440. The number of halogens is 1. The highest BCUT2D eigenvalue weighted by atomic mass is 32.2. The SMILES string of the molecule is Cc1cc(OCC2CC2)cc(C(=O)NNS(=O)(=O)c2ccccc2F)c1. The summed E-state index contributed by atoms with van der Waals surface area (Å²) in [5.41, 5.74) is 3.15. The van der Waals surface area contributed by atoms with Gasteiger partial charge in [0.25, 0.3) is 15.9 Å². The van der Waals surface area contributed by atoms with Crippen LogP contribution < -0.4 is 15.0 Å². The zero-order chi connectivity index (χ0) is 18.7. The summed E-state index contributed by atoms with van der Waals surface area (Å²) in [4.78, 5) is 13.6. The number of aryl methyl sites for hydroxylation is 1. The highest BCUT2D eigenvalue weighted by Gasteiger charge is 2.22. The monoisotopic (exact) mass is 378 g/mol. The average molecular weight is 378 g/mol. The first kappa shape index (κ1) is 18.3. The molecule has 6 nitrogen and oxygen atoms in total. The van der Waals surface area contributed by atoms with Crippen LogP contribution in [0.1, 0.15) is 28.8 Å². The van der Waals surface area contributed by atoms with Crippen molar-refractivity contribution in [1.29, 1.82) is 0 Å². The molecule has 1 aliphatic carbocycles. The summed E-state index contributed by atoms with van der Waals surface area (Å²) in [5, 5.41) is 0. The molecule has 0 aliphatic heterocycles. The molecule has 0 radical (unpaired) electrons. The van der Waals surface area contributed by atoms with E-state index in [1.807, 2.05) is 17.8 Å². The molecule has 1 aliphatic rings. The molecular weight excluding hydrogens is 359 g/mol. The quantitative estimate of drug-likeness (QED) is 0.725. The summed E-state index contributed by atoms with van der Waals surface area (Å²) >= 11 is 0. The normalized spacial score (nSPS) is 14.1. The zero-order valence-electron chi connectivity index (χ0n) is 14.2. The van der Waals surface area contributed by atoms with Crippen LogP contribution >= 0.6 is 0 Å². The standard InChI is InChI=1S/C18H19FN2O4S/c1-12-8-14(10-15(9-12)25-11-13-6-7-13)18(22)20-21-26(23,24)17-5-3-2-4-16(17)19/h2-5,8-10,13,21H,6-7,11H2,1H3,(H,20,22). The fourth-order valence-corrected chi connectivity index (χ4v) is 3.28. The van der Waals surface area contributed by atoms with Crippen molar-refractivity contribution < 1.29 is 22.3 Å². The largest absolute Gasteiger partial charge is 0.493 e. The Labute approximate surface area is 151 Å². The molecule has 26 heavy (non-hydrogen) atoms. The Balaban J connectivity index is 1.68. The van der Waals surface area contributed by atoms with Gasteiger partial charge in [-0.3, -0.25) is 10.2 Å². The minimum atomic E-state index is -4.22. The molecule has 0 saturated heterocycles. The molecule has 3 rings (SSSR count). The highest BCUT2D eigenvalue weighted by Crippen LogP contribution is 2.30. The molecule has 1 saturated carbocycles. The lowest BCUT2D eigenvalue weighted by molar-refractivity contribution is 0.0944. The number of ether oxygens (including phenoxy) is 1. The van der Waals surface area contributed by atoms with Crippen molar-refractivity contribution in [3.8, 4) is 5.75 Å². The van der Waals surface area contributed by atoms with Crippen molar-refractivity contribution in [2.24, 2.45) is 5.92 Å². The van der Waals surface area contributed by atoms with Gasteiger partial charge in [0.15, 0.2) is 0 Å².